The molecular formula is C13H26N2O2. The lowest BCUT2D eigenvalue weighted by molar-refractivity contribution is -0.145. The third-order valence-corrected chi connectivity index (χ3v) is 3.39. The second kappa shape index (κ2) is 7.67. The van der Waals surface area contributed by atoms with Gasteiger partial charge in [-0.25, -0.2) is 0 Å². The van der Waals surface area contributed by atoms with Crippen molar-refractivity contribution in [1.29, 1.82) is 0 Å². The summed E-state index contributed by atoms with van der Waals surface area (Å²) in [5.74, 6) is 0.492. The Bertz CT molecular complexity index is 227. The monoisotopic (exact) mass is 242 g/mol. The van der Waals surface area contributed by atoms with E-state index in [-0.39, 0.29) is 5.97 Å². The Labute approximate surface area is 104 Å². The van der Waals surface area contributed by atoms with E-state index in [0.717, 1.165) is 12.5 Å². The molecule has 17 heavy (non-hydrogen) atoms. The van der Waals surface area contributed by atoms with Gasteiger partial charge in [0.25, 0.3) is 0 Å². The molecule has 4 nitrogen and oxygen atoms in total. The molecule has 1 saturated carbocycles. The molecule has 0 saturated heterocycles. The summed E-state index contributed by atoms with van der Waals surface area (Å²) < 4.78 is 4.90. The molecule has 0 aromatic heterocycles. The second-order valence-electron chi connectivity index (χ2n) is 5.08. The summed E-state index contributed by atoms with van der Waals surface area (Å²) in [4.78, 5) is 13.6. The van der Waals surface area contributed by atoms with Crippen molar-refractivity contribution in [2.24, 2.45) is 11.7 Å². The lowest BCUT2D eigenvalue weighted by Crippen LogP contribution is -2.43. The molecule has 1 aliphatic rings. The van der Waals surface area contributed by atoms with Crippen LogP contribution < -0.4 is 5.73 Å². The quantitative estimate of drug-likeness (QED) is 0.715. The molecule has 0 radical (unpaired) electrons. The average Bonchev–Trinajstić information content (AvgIpc) is 2.30. The van der Waals surface area contributed by atoms with Crippen LogP contribution >= 0.6 is 0 Å². The molecule has 1 atom stereocenters. The van der Waals surface area contributed by atoms with Gasteiger partial charge in [-0.05, 0) is 32.7 Å². The molecule has 1 fully saturated rings. The Hall–Kier alpha value is -0.610. The van der Waals surface area contributed by atoms with Crippen molar-refractivity contribution in [3.63, 3.8) is 0 Å². The van der Waals surface area contributed by atoms with E-state index in [2.05, 4.69) is 4.90 Å². The number of ether oxygens (including phenoxy) is 1. The Kier molecular flexibility index (Phi) is 6.52. The van der Waals surface area contributed by atoms with Crippen molar-refractivity contribution in [1.82, 2.24) is 4.90 Å². The standard InChI is InChI=1S/C13H26N2O2/c1-3-17-13(16)12(14)10-15(2)9-11-7-5-4-6-8-11/h11-12H,3-10,14H2,1-2H3. The van der Waals surface area contributed by atoms with E-state index in [9.17, 15) is 4.79 Å². The first-order valence-corrected chi connectivity index (χ1v) is 6.74. The topological polar surface area (TPSA) is 55.6 Å². The predicted molar refractivity (Wildman–Crippen MR) is 68.7 cm³/mol. The summed E-state index contributed by atoms with van der Waals surface area (Å²) in [5.41, 5.74) is 5.79. The lowest BCUT2D eigenvalue weighted by Gasteiger charge is -2.28. The van der Waals surface area contributed by atoms with E-state index in [1.807, 2.05) is 7.05 Å². The zero-order valence-electron chi connectivity index (χ0n) is 11.2. The minimum Gasteiger partial charge on any atom is -0.465 e. The van der Waals surface area contributed by atoms with E-state index in [1.165, 1.54) is 32.1 Å². The SMILES string of the molecule is CCOC(=O)C(N)CN(C)CC1CCCCC1. The molecule has 0 heterocycles. The van der Waals surface area contributed by atoms with Gasteiger partial charge in [-0.1, -0.05) is 19.3 Å². The third-order valence-electron chi connectivity index (χ3n) is 3.39. The number of rotatable bonds is 6. The number of carbonyl (C=O) groups excluding carboxylic acids is 1. The third kappa shape index (κ3) is 5.50. The molecular weight excluding hydrogens is 216 g/mol. The van der Waals surface area contributed by atoms with Crippen LogP contribution in [0.15, 0.2) is 0 Å². The molecule has 0 aliphatic heterocycles. The smallest absolute Gasteiger partial charge is 0.324 e. The van der Waals surface area contributed by atoms with E-state index in [4.69, 9.17) is 10.5 Å². The normalized spacial score (nSPS) is 19.3. The van der Waals surface area contributed by atoms with Gasteiger partial charge in [-0.2, -0.15) is 0 Å². The van der Waals surface area contributed by atoms with Gasteiger partial charge in [-0.15, -0.1) is 0 Å². The zero-order chi connectivity index (χ0) is 12.7. The van der Waals surface area contributed by atoms with Crippen LogP contribution in [0.1, 0.15) is 39.0 Å². The number of hydrogen-bond acceptors (Lipinski definition) is 4. The van der Waals surface area contributed by atoms with Crippen LogP contribution in [0.5, 0.6) is 0 Å². The van der Waals surface area contributed by atoms with Gasteiger partial charge in [0.15, 0.2) is 0 Å². The highest BCUT2D eigenvalue weighted by Gasteiger charge is 2.20. The molecule has 1 unspecified atom stereocenters. The van der Waals surface area contributed by atoms with Crippen LogP contribution in [0.2, 0.25) is 0 Å². The number of nitrogens with two attached hydrogens (primary N) is 1. The molecule has 4 heteroatoms. The summed E-state index contributed by atoms with van der Waals surface area (Å²) >= 11 is 0. The minimum absolute atomic E-state index is 0.289. The van der Waals surface area contributed by atoms with Gasteiger partial charge in [0.2, 0.25) is 0 Å². The van der Waals surface area contributed by atoms with Gasteiger partial charge in [0, 0.05) is 13.1 Å². The molecule has 0 aromatic rings. The van der Waals surface area contributed by atoms with Crippen LogP contribution in [0.3, 0.4) is 0 Å². The molecule has 0 aromatic carbocycles. The van der Waals surface area contributed by atoms with Crippen LogP contribution in [-0.2, 0) is 9.53 Å². The van der Waals surface area contributed by atoms with E-state index >= 15 is 0 Å². The molecule has 0 amide bonds. The number of hydrogen-bond donors (Lipinski definition) is 1. The summed E-state index contributed by atoms with van der Waals surface area (Å²) in [6.45, 7) is 3.84. The van der Waals surface area contributed by atoms with Crippen molar-refractivity contribution in [2.75, 3.05) is 26.7 Å². The maximum atomic E-state index is 11.4. The van der Waals surface area contributed by atoms with Crippen molar-refractivity contribution >= 4 is 5.97 Å². The van der Waals surface area contributed by atoms with Crippen molar-refractivity contribution in [2.45, 2.75) is 45.1 Å². The first kappa shape index (κ1) is 14.5. The highest BCUT2D eigenvalue weighted by Crippen LogP contribution is 2.23. The Morgan fingerprint density at radius 1 is 1.41 bits per heavy atom. The first-order chi connectivity index (χ1) is 8.13. The fourth-order valence-electron chi connectivity index (χ4n) is 2.54. The maximum absolute atomic E-state index is 11.4. The van der Waals surface area contributed by atoms with Crippen molar-refractivity contribution < 1.29 is 9.53 Å². The van der Waals surface area contributed by atoms with Crippen molar-refractivity contribution in [3.05, 3.63) is 0 Å². The van der Waals surface area contributed by atoms with Crippen LogP contribution in [-0.4, -0.2) is 43.7 Å². The number of esters is 1. The van der Waals surface area contributed by atoms with Gasteiger partial charge >= 0.3 is 5.97 Å². The van der Waals surface area contributed by atoms with Gasteiger partial charge in [-0.3, -0.25) is 4.79 Å². The predicted octanol–water partition coefficient (Wildman–Crippen LogP) is 1.39. The first-order valence-electron chi connectivity index (χ1n) is 6.74. The highest BCUT2D eigenvalue weighted by molar-refractivity contribution is 5.75. The van der Waals surface area contributed by atoms with E-state index in [0.29, 0.717) is 13.2 Å². The van der Waals surface area contributed by atoms with Crippen LogP contribution in [0.25, 0.3) is 0 Å². The Morgan fingerprint density at radius 3 is 2.65 bits per heavy atom. The number of nitrogens with zero attached hydrogens (tertiary/aromatic N) is 1. The molecule has 100 valence electrons. The highest BCUT2D eigenvalue weighted by atomic mass is 16.5. The van der Waals surface area contributed by atoms with Gasteiger partial charge in [0.05, 0.1) is 6.61 Å². The fourth-order valence-corrected chi connectivity index (χ4v) is 2.54. The Morgan fingerprint density at radius 2 is 2.06 bits per heavy atom. The summed E-state index contributed by atoms with van der Waals surface area (Å²) in [7, 11) is 2.04. The lowest BCUT2D eigenvalue weighted by atomic mass is 9.89. The zero-order valence-corrected chi connectivity index (χ0v) is 11.2. The number of likely N-dealkylation sites (N-methyl/N-ethyl adjacent to an activating group) is 1. The van der Waals surface area contributed by atoms with Gasteiger partial charge in [0.1, 0.15) is 6.04 Å². The summed E-state index contributed by atoms with van der Waals surface area (Å²) in [6, 6.07) is -0.511. The average molecular weight is 242 g/mol. The Balaban J connectivity index is 2.22. The molecule has 1 aliphatic carbocycles. The summed E-state index contributed by atoms with van der Waals surface area (Å²) in [6.07, 6.45) is 6.71. The molecule has 1 rings (SSSR count). The fraction of sp³-hybridized carbons (Fsp3) is 0.923. The second-order valence-corrected chi connectivity index (χ2v) is 5.08. The molecule has 2 N–H and O–H groups in total. The van der Waals surface area contributed by atoms with Crippen LogP contribution in [0.4, 0.5) is 0 Å². The largest absolute Gasteiger partial charge is 0.465 e. The summed E-state index contributed by atoms with van der Waals surface area (Å²) in [5, 5.41) is 0. The molecule has 0 bridgehead atoms. The van der Waals surface area contributed by atoms with Crippen LogP contribution in [0, 0.1) is 5.92 Å². The van der Waals surface area contributed by atoms with Crippen molar-refractivity contribution in [3.8, 4) is 0 Å². The number of carbonyl (C=O) groups is 1. The minimum atomic E-state index is -0.511. The van der Waals surface area contributed by atoms with Gasteiger partial charge < -0.3 is 15.4 Å². The maximum Gasteiger partial charge on any atom is 0.324 e. The van der Waals surface area contributed by atoms with E-state index in [1.54, 1.807) is 6.92 Å². The van der Waals surface area contributed by atoms with E-state index < -0.39 is 6.04 Å². The molecule has 0 spiro atoms.